The fourth-order valence-corrected chi connectivity index (χ4v) is 7.94. The van der Waals surface area contributed by atoms with Gasteiger partial charge in [-0.15, -0.1) is 0 Å². The third-order valence-electron chi connectivity index (χ3n) is 9.75. The Bertz CT molecular complexity index is 1140. The first kappa shape index (κ1) is 24.7. The number of hydrogen-bond acceptors (Lipinski definition) is 9. The summed E-state index contributed by atoms with van der Waals surface area (Å²) in [7, 11) is 0. The highest BCUT2D eigenvalue weighted by molar-refractivity contribution is 5.40. The van der Waals surface area contributed by atoms with Gasteiger partial charge in [-0.25, -0.2) is 0 Å². The summed E-state index contributed by atoms with van der Waals surface area (Å²) in [5, 5.41) is 68.3. The number of ether oxygens (including phenoxy) is 3. The summed E-state index contributed by atoms with van der Waals surface area (Å²) in [5.74, 6) is -4.31. The molecule has 4 fully saturated rings. The summed E-state index contributed by atoms with van der Waals surface area (Å²) in [6, 6.07) is 9.04. The predicted molar refractivity (Wildman–Crippen MR) is 125 cm³/mol. The SMILES string of the molecule is C=C(C)[C@]12C[C@@H](C)[C@@]34O[C@](c5ccccc5)(O[C@@H]1C3[C@H](O)[C@@](O)(CO)[C@@H](O)[C@@]1(O)C4C=C(C)[C@@H]1O)O2. The van der Waals surface area contributed by atoms with Crippen LogP contribution in [-0.4, -0.2) is 84.1 Å². The van der Waals surface area contributed by atoms with Crippen LogP contribution >= 0.6 is 0 Å². The number of fused-ring (bicyclic) bond motifs is 2. The molecule has 0 radical (unpaired) electrons. The van der Waals surface area contributed by atoms with E-state index in [1.54, 1.807) is 32.1 Å². The average Bonchev–Trinajstić information content (AvgIpc) is 3.22. The summed E-state index contributed by atoms with van der Waals surface area (Å²) < 4.78 is 20.1. The molecule has 12 atom stereocenters. The predicted octanol–water partition coefficient (Wildman–Crippen LogP) is 0.0791. The van der Waals surface area contributed by atoms with Gasteiger partial charge in [-0.05, 0) is 37.3 Å². The molecule has 2 saturated heterocycles. The molecule has 0 aromatic heterocycles. The molecular weight excluding hydrogens is 468 g/mol. The van der Waals surface area contributed by atoms with Crippen molar-refractivity contribution in [3.8, 4) is 0 Å². The quantitative estimate of drug-likeness (QED) is 0.316. The topological polar surface area (TPSA) is 149 Å². The fraction of sp³-hybridized carbons (Fsp3) is 0.630. The van der Waals surface area contributed by atoms with Crippen molar-refractivity contribution in [2.75, 3.05) is 6.61 Å². The highest BCUT2D eigenvalue weighted by Gasteiger charge is 2.84. The van der Waals surface area contributed by atoms with E-state index in [2.05, 4.69) is 6.58 Å². The van der Waals surface area contributed by atoms with E-state index in [-0.39, 0.29) is 0 Å². The van der Waals surface area contributed by atoms with Crippen LogP contribution in [0.3, 0.4) is 0 Å². The van der Waals surface area contributed by atoms with E-state index in [4.69, 9.17) is 14.2 Å². The van der Waals surface area contributed by atoms with Crippen LogP contribution in [0.15, 0.2) is 54.1 Å². The van der Waals surface area contributed by atoms with Crippen molar-refractivity contribution in [3.63, 3.8) is 0 Å². The van der Waals surface area contributed by atoms with Crippen LogP contribution in [0.4, 0.5) is 0 Å². The fourth-order valence-electron chi connectivity index (χ4n) is 7.94. The summed E-state index contributed by atoms with van der Waals surface area (Å²) in [5.41, 5.74) is -5.99. The minimum atomic E-state index is -2.60. The van der Waals surface area contributed by atoms with E-state index < -0.39 is 77.2 Å². The first-order valence-corrected chi connectivity index (χ1v) is 12.4. The summed E-state index contributed by atoms with van der Waals surface area (Å²) in [4.78, 5) is 0. The monoisotopic (exact) mass is 502 g/mol. The second kappa shape index (κ2) is 7.25. The lowest BCUT2D eigenvalue weighted by atomic mass is 9.53. The van der Waals surface area contributed by atoms with Gasteiger partial charge in [0.25, 0.3) is 0 Å². The Labute approximate surface area is 209 Å². The minimum absolute atomic E-state index is 0.355. The van der Waals surface area contributed by atoms with Gasteiger partial charge < -0.3 is 44.8 Å². The normalized spacial score (nSPS) is 55.0. The third kappa shape index (κ3) is 2.47. The highest BCUT2D eigenvalue weighted by Crippen LogP contribution is 2.71. The van der Waals surface area contributed by atoms with E-state index in [9.17, 15) is 30.6 Å². The molecule has 2 unspecified atom stereocenters. The van der Waals surface area contributed by atoms with E-state index in [0.29, 0.717) is 23.1 Å². The summed E-state index contributed by atoms with van der Waals surface area (Å²) in [6.45, 7) is 8.42. The first-order valence-electron chi connectivity index (χ1n) is 12.4. The molecule has 1 aromatic carbocycles. The number of aliphatic hydroxyl groups excluding tert-OH is 4. The Morgan fingerprint density at radius 3 is 2.39 bits per heavy atom. The lowest BCUT2D eigenvalue weighted by Gasteiger charge is -2.60. The molecule has 0 amide bonds. The Morgan fingerprint density at radius 2 is 1.78 bits per heavy atom. The van der Waals surface area contributed by atoms with Crippen molar-refractivity contribution in [2.24, 2.45) is 17.8 Å². The maximum Gasteiger partial charge on any atom is 0.313 e. The molecule has 3 aliphatic carbocycles. The van der Waals surface area contributed by atoms with E-state index in [0.717, 1.165) is 0 Å². The van der Waals surface area contributed by atoms with Crippen molar-refractivity contribution in [1.82, 2.24) is 0 Å². The van der Waals surface area contributed by atoms with Gasteiger partial charge in [0.2, 0.25) is 0 Å². The van der Waals surface area contributed by atoms with Gasteiger partial charge in [0.05, 0.1) is 18.3 Å². The zero-order valence-electron chi connectivity index (χ0n) is 20.5. The lowest BCUT2D eigenvalue weighted by molar-refractivity contribution is -0.443. The van der Waals surface area contributed by atoms with Crippen molar-refractivity contribution < 1.29 is 44.8 Å². The molecule has 3 bridgehead atoms. The minimum Gasteiger partial charge on any atom is -0.393 e. The van der Waals surface area contributed by atoms with Crippen LogP contribution in [0.1, 0.15) is 32.8 Å². The van der Waals surface area contributed by atoms with Gasteiger partial charge in [0.1, 0.15) is 35.1 Å². The average molecular weight is 503 g/mol. The second-order valence-corrected chi connectivity index (χ2v) is 11.5. The van der Waals surface area contributed by atoms with Crippen LogP contribution < -0.4 is 0 Å². The summed E-state index contributed by atoms with van der Waals surface area (Å²) >= 11 is 0. The van der Waals surface area contributed by atoms with Crippen molar-refractivity contribution in [1.29, 1.82) is 0 Å². The maximum absolute atomic E-state index is 12.1. The Kier molecular flexibility index (Phi) is 4.97. The molecule has 0 spiro atoms. The number of benzene rings is 1. The molecule has 6 N–H and O–H groups in total. The van der Waals surface area contributed by atoms with E-state index >= 15 is 0 Å². The van der Waals surface area contributed by atoms with Gasteiger partial charge in [0.15, 0.2) is 0 Å². The lowest BCUT2D eigenvalue weighted by Crippen LogP contribution is -2.73. The molecule has 1 aromatic rings. The van der Waals surface area contributed by atoms with Crippen LogP contribution in [0.5, 0.6) is 0 Å². The van der Waals surface area contributed by atoms with Crippen LogP contribution in [0, 0.1) is 17.8 Å². The van der Waals surface area contributed by atoms with Crippen molar-refractivity contribution in [3.05, 3.63) is 59.7 Å². The van der Waals surface area contributed by atoms with E-state index in [1.165, 1.54) is 0 Å². The third-order valence-corrected chi connectivity index (χ3v) is 9.75. The van der Waals surface area contributed by atoms with Gasteiger partial charge in [-0.1, -0.05) is 49.9 Å². The Balaban J connectivity index is 1.68. The number of aliphatic hydroxyl groups is 6. The largest absolute Gasteiger partial charge is 0.393 e. The Hall–Kier alpha value is -1.66. The molecule has 2 saturated carbocycles. The molecule has 36 heavy (non-hydrogen) atoms. The number of rotatable bonds is 3. The zero-order chi connectivity index (χ0) is 26.1. The first-order chi connectivity index (χ1) is 16.8. The molecule has 2 aliphatic heterocycles. The summed E-state index contributed by atoms with van der Waals surface area (Å²) in [6.07, 6.45) is -4.41. The number of hydrogen-bond donors (Lipinski definition) is 6. The molecule has 196 valence electrons. The molecule has 2 heterocycles. The van der Waals surface area contributed by atoms with Crippen LogP contribution in [0.25, 0.3) is 0 Å². The van der Waals surface area contributed by atoms with Crippen molar-refractivity contribution >= 4 is 0 Å². The molecule has 6 rings (SSSR count). The molecular formula is C27H34O9. The molecule has 9 heteroatoms. The van der Waals surface area contributed by atoms with Crippen molar-refractivity contribution in [2.45, 2.75) is 80.0 Å². The zero-order valence-corrected chi connectivity index (χ0v) is 20.5. The molecule has 9 nitrogen and oxygen atoms in total. The highest BCUT2D eigenvalue weighted by atomic mass is 16.9. The van der Waals surface area contributed by atoms with Gasteiger partial charge >= 0.3 is 5.97 Å². The van der Waals surface area contributed by atoms with Gasteiger partial charge in [-0.3, -0.25) is 0 Å². The standard InChI is InChI=1S/C27H34O9/c1-13(2)24-11-15(4)26-17-10-14(3)19(29)25(17,33)22(31)23(32,12-28)20(30)18(26)21(24)34-27(35-24,36-26)16-8-6-5-7-9-16/h5-10,15,17-22,28-33H,1,11-12H2,2-4H3/t15-,17?,18?,19+,20+,21-,22-,23+,24-,25-,26+,27-/m1/s1. The maximum atomic E-state index is 12.1. The van der Waals surface area contributed by atoms with Crippen LogP contribution in [-0.2, 0) is 20.2 Å². The smallest absolute Gasteiger partial charge is 0.313 e. The van der Waals surface area contributed by atoms with Crippen LogP contribution in [0.2, 0.25) is 0 Å². The van der Waals surface area contributed by atoms with Gasteiger partial charge in [0, 0.05) is 17.4 Å². The second-order valence-electron chi connectivity index (χ2n) is 11.5. The Morgan fingerprint density at radius 1 is 1.11 bits per heavy atom. The van der Waals surface area contributed by atoms with Gasteiger partial charge in [-0.2, -0.15) is 0 Å². The van der Waals surface area contributed by atoms with E-state index in [1.807, 2.05) is 25.1 Å². The molecule has 5 aliphatic rings.